The molecule has 0 bridgehead atoms. The third kappa shape index (κ3) is 15.1. The average molecular weight is 1030 g/mol. The molecular formula is C59H96O14. The molecule has 6 fully saturated rings. The van der Waals surface area contributed by atoms with Crippen LogP contribution in [-0.4, -0.2) is 123 Å². The molecule has 73 heavy (non-hydrogen) atoms. The van der Waals surface area contributed by atoms with Gasteiger partial charge in [0.15, 0.2) is 23.3 Å². The summed E-state index contributed by atoms with van der Waals surface area (Å²) in [6, 6.07) is 0. The standard InChI is InChI=1S/C59H96O14/c1-8-9-10-11-12-13-14-15-16-17-18-19-24-51(61)68-50-28-27-45(38-56(7,65)55(63)64)70-59(50)37-39(2)35-49(72-59)40(3)25-26-44-29-32-57(69-44)33-30-48-54(73-57)52(62)43(6)53(67-48)46(60)36-41(4)47-23-20-31-58(71-47)42(5)22-21-34-66-58/h25-26,37,40-42,44-50,52-54,60,62,65H,6,8-24,27-36,38H2,1-5,7H3,(H,63,64)/t40-,41+,42-,44+,45+,46+,47+,48-,49+,50-,52-,53+,54-,56-,57-,58-,59-/m1/s1. The van der Waals surface area contributed by atoms with Crippen molar-refractivity contribution in [1.82, 2.24) is 0 Å². The minimum Gasteiger partial charge on any atom is -0.479 e. The van der Waals surface area contributed by atoms with Crippen molar-refractivity contribution in [3.63, 3.8) is 0 Å². The van der Waals surface area contributed by atoms with Crippen molar-refractivity contribution in [3.8, 4) is 0 Å². The molecule has 0 aromatic carbocycles. The Balaban J connectivity index is 0.902. The molecule has 7 aliphatic heterocycles. The first-order valence-electron chi connectivity index (χ1n) is 29.1. The van der Waals surface area contributed by atoms with Gasteiger partial charge in [-0.3, -0.25) is 4.79 Å². The first-order chi connectivity index (χ1) is 34.9. The van der Waals surface area contributed by atoms with Crippen LogP contribution in [0.2, 0.25) is 0 Å². The zero-order chi connectivity index (χ0) is 52.4. The second-order valence-corrected chi connectivity index (χ2v) is 23.9. The van der Waals surface area contributed by atoms with Crippen LogP contribution in [-0.2, 0) is 47.5 Å². The third-order valence-electron chi connectivity index (χ3n) is 17.6. The third-order valence-corrected chi connectivity index (χ3v) is 17.6. The van der Waals surface area contributed by atoms with Gasteiger partial charge in [-0.1, -0.05) is 123 Å². The maximum Gasteiger partial charge on any atom is 0.335 e. The van der Waals surface area contributed by atoms with Crippen molar-refractivity contribution in [1.29, 1.82) is 0 Å². The fourth-order valence-corrected chi connectivity index (χ4v) is 13.0. The second-order valence-electron chi connectivity index (χ2n) is 23.9. The number of aliphatic hydroxyl groups excluding tert-OH is 2. The summed E-state index contributed by atoms with van der Waals surface area (Å²) >= 11 is 0. The summed E-state index contributed by atoms with van der Waals surface area (Å²) in [5.74, 6) is -4.26. The number of ether oxygens (including phenoxy) is 8. The van der Waals surface area contributed by atoms with Gasteiger partial charge in [-0.15, -0.1) is 0 Å². The minimum absolute atomic E-state index is 0.0359. The van der Waals surface area contributed by atoms with Gasteiger partial charge in [-0.2, -0.15) is 0 Å². The van der Waals surface area contributed by atoms with Crippen molar-refractivity contribution in [2.24, 2.45) is 17.8 Å². The Morgan fingerprint density at radius 3 is 2.27 bits per heavy atom. The number of carbonyl (C=O) groups excluding carboxylic acids is 1. The van der Waals surface area contributed by atoms with Crippen LogP contribution in [0.1, 0.15) is 215 Å². The number of hydrogen-bond acceptors (Lipinski definition) is 13. The molecule has 0 aromatic rings. The lowest BCUT2D eigenvalue weighted by molar-refractivity contribution is -0.326. The van der Waals surface area contributed by atoms with E-state index in [2.05, 4.69) is 46.4 Å². The van der Waals surface area contributed by atoms with E-state index in [4.69, 9.17) is 37.9 Å². The second kappa shape index (κ2) is 26.4. The quantitative estimate of drug-likeness (QED) is 0.0406. The number of aliphatic hydroxyl groups is 3. The molecule has 14 heteroatoms. The SMILES string of the molecule is C=C1[C@@H](O)[C@@H]2O[C@]3(CC[C@H](C=C[C@@H](C)[C@@H]4CC(C)=C[C@@]5(O[C@H](C[C@@](C)(O)C(=O)O)CC[C@H]5OC(=O)CCCCCCCCCCCCCC)O4)O3)CC[C@H]2O[C@@H]1[C@@H](O)C[C@H](C)[C@@H]1CCC[C@@]2(OCCC[C@H]2C)O1. The highest BCUT2D eigenvalue weighted by molar-refractivity contribution is 5.76. The first-order valence-corrected chi connectivity index (χ1v) is 29.1. The highest BCUT2D eigenvalue weighted by Crippen LogP contribution is 2.48. The van der Waals surface area contributed by atoms with Gasteiger partial charge in [0.1, 0.15) is 18.3 Å². The van der Waals surface area contributed by atoms with E-state index in [1.807, 2.05) is 13.0 Å². The maximum absolute atomic E-state index is 13.4. The molecule has 0 unspecified atom stereocenters. The van der Waals surface area contributed by atoms with E-state index in [-0.39, 0.29) is 42.5 Å². The summed E-state index contributed by atoms with van der Waals surface area (Å²) in [5.41, 5.74) is -0.592. The molecule has 3 spiro atoms. The van der Waals surface area contributed by atoms with E-state index in [1.165, 1.54) is 64.7 Å². The zero-order valence-electron chi connectivity index (χ0n) is 45.6. The summed E-state index contributed by atoms with van der Waals surface area (Å²) in [5, 5.41) is 43.8. The van der Waals surface area contributed by atoms with E-state index < -0.39 is 71.7 Å². The molecule has 0 aromatic heterocycles. The van der Waals surface area contributed by atoms with Crippen LogP contribution in [0.5, 0.6) is 0 Å². The van der Waals surface area contributed by atoms with E-state index in [0.29, 0.717) is 69.3 Å². The number of carboxylic acid groups (broad SMARTS) is 1. The smallest absolute Gasteiger partial charge is 0.335 e. The molecule has 17 atom stereocenters. The maximum atomic E-state index is 13.4. The van der Waals surface area contributed by atoms with Gasteiger partial charge >= 0.3 is 11.9 Å². The lowest BCUT2D eigenvalue weighted by Crippen LogP contribution is -2.60. The van der Waals surface area contributed by atoms with Crippen molar-refractivity contribution in [2.75, 3.05) is 6.61 Å². The topological polar surface area (TPSA) is 189 Å². The van der Waals surface area contributed by atoms with E-state index in [0.717, 1.165) is 63.5 Å². The number of rotatable bonds is 24. The molecule has 7 rings (SSSR count). The largest absolute Gasteiger partial charge is 0.479 e. The normalized spacial score (nSPS) is 38.0. The number of aliphatic carboxylic acids is 1. The predicted octanol–water partition coefficient (Wildman–Crippen LogP) is 10.9. The molecular weight excluding hydrogens is 933 g/mol. The van der Waals surface area contributed by atoms with Crippen LogP contribution in [0.25, 0.3) is 0 Å². The fraction of sp³-hybridized carbons (Fsp3) is 0.864. The Labute approximate surface area is 437 Å². The van der Waals surface area contributed by atoms with Gasteiger partial charge in [0.2, 0.25) is 5.79 Å². The highest BCUT2D eigenvalue weighted by Gasteiger charge is 2.55. The molecule has 4 N–H and O–H groups in total. The molecule has 0 radical (unpaired) electrons. The predicted molar refractivity (Wildman–Crippen MR) is 277 cm³/mol. The molecule has 0 saturated carbocycles. The van der Waals surface area contributed by atoms with Gasteiger partial charge in [0, 0.05) is 43.9 Å². The lowest BCUT2D eigenvalue weighted by atomic mass is 9.81. The van der Waals surface area contributed by atoms with Gasteiger partial charge in [0.05, 0.1) is 43.2 Å². The fourth-order valence-electron chi connectivity index (χ4n) is 13.0. The van der Waals surface area contributed by atoms with E-state index >= 15 is 0 Å². The summed E-state index contributed by atoms with van der Waals surface area (Å²) in [4.78, 5) is 25.4. The van der Waals surface area contributed by atoms with Crippen molar-refractivity contribution < 1.29 is 67.9 Å². The number of carboxylic acids is 1. The van der Waals surface area contributed by atoms with E-state index in [1.54, 1.807) is 0 Å². The van der Waals surface area contributed by atoms with Crippen molar-refractivity contribution in [2.45, 2.75) is 299 Å². The van der Waals surface area contributed by atoms with Crippen LogP contribution in [0, 0.1) is 17.8 Å². The molecule has 14 nitrogen and oxygen atoms in total. The minimum atomic E-state index is -2.01. The molecule has 0 amide bonds. The molecule has 0 aliphatic carbocycles. The summed E-state index contributed by atoms with van der Waals surface area (Å²) in [6.07, 6.45) is 24.2. The number of unbranched alkanes of at least 4 members (excludes halogenated alkanes) is 11. The molecule has 6 saturated heterocycles. The first kappa shape index (κ1) is 58.4. The Kier molecular flexibility index (Phi) is 21.1. The highest BCUT2D eigenvalue weighted by atomic mass is 16.7. The number of carbonyl (C=O) groups is 2. The molecule has 416 valence electrons. The van der Waals surface area contributed by atoms with Gasteiger partial charge < -0.3 is 58.3 Å². The Hall–Kier alpha value is -2.24. The average Bonchev–Trinajstić information content (AvgIpc) is 3.75. The molecule has 7 aliphatic rings. The lowest BCUT2D eigenvalue weighted by Gasteiger charge is -2.50. The van der Waals surface area contributed by atoms with Gasteiger partial charge in [-0.05, 0) is 102 Å². The summed E-state index contributed by atoms with van der Waals surface area (Å²) < 4.78 is 52.6. The van der Waals surface area contributed by atoms with Gasteiger partial charge in [-0.25, -0.2) is 4.79 Å². The van der Waals surface area contributed by atoms with Crippen molar-refractivity contribution >= 4 is 11.9 Å². The van der Waals surface area contributed by atoms with Crippen molar-refractivity contribution in [3.05, 3.63) is 36.0 Å². The Bertz CT molecular complexity index is 1850. The Morgan fingerprint density at radius 2 is 1.58 bits per heavy atom. The van der Waals surface area contributed by atoms with Crippen LogP contribution in [0.3, 0.4) is 0 Å². The molecule has 7 heterocycles. The monoisotopic (exact) mass is 1030 g/mol. The van der Waals surface area contributed by atoms with Gasteiger partial charge in [0.25, 0.3) is 0 Å². The summed E-state index contributed by atoms with van der Waals surface area (Å²) in [7, 11) is 0. The van der Waals surface area contributed by atoms with Crippen LogP contribution in [0.15, 0.2) is 36.0 Å². The summed E-state index contributed by atoms with van der Waals surface area (Å²) in [6.45, 7) is 16.9. The number of esters is 1. The number of fused-ring (bicyclic) bond motifs is 1. The van der Waals surface area contributed by atoms with Crippen LogP contribution >= 0.6 is 0 Å². The zero-order valence-corrected chi connectivity index (χ0v) is 45.6. The van der Waals surface area contributed by atoms with Crippen LogP contribution in [0.4, 0.5) is 0 Å². The number of hydrogen-bond donors (Lipinski definition) is 4. The Morgan fingerprint density at radius 1 is 0.877 bits per heavy atom. The van der Waals surface area contributed by atoms with Crippen LogP contribution < -0.4 is 0 Å². The van der Waals surface area contributed by atoms with E-state index in [9.17, 15) is 30.0 Å².